The average Bonchev–Trinajstić information content (AvgIpc) is 2.86. The molecule has 2 aromatic heterocycles. The molecule has 0 saturated heterocycles. The number of anilines is 1. The Kier molecular flexibility index (Phi) is 3.86. The lowest BCUT2D eigenvalue weighted by molar-refractivity contribution is 0.103. The van der Waals surface area contributed by atoms with Crippen molar-refractivity contribution in [2.24, 2.45) is 0 Å². The molecule has 1 amide bonds. The second-order valence-electron chi connectivity index (χ2n) is 3.86. The first kappa shape index (κ1) is 12.6. The van der Waals surface area contributed by atoms with Crippen LogP contribution in [-0.2, 0) is 0 Å². The van der Waals surface area contributed by atoms with Crippen molar-refractivity contribution >= 4 is 46.3 Å². The van der Waals surface area contributed by atoms with Crippen LogP contribution < -0.4 is 5.32 Å². The van der Waals surface area contributed by atoms with Gasteiger partial charge in [-0.2, -0.15) is 0 Å². The maximum Gasteiger partial charge on any atom is 0.267 e. The maximum absolute atomic E-state index is 11.8. The molecule has 6 heteroatoms. The number of nitrogens with zero attached hydrogens (tertiary/aromatic N) is 1. The lowest BCUT2D eigenvalue weighted by atomic mass is 10.2. The number of thiazole rings is 1. The van der Waals surface area contributed by atoms with Gasteiger partial charge in [-0.1, -0.05) is 13.8 Å². The molecule has 2 rings (SSSR count). The average molecular weight is 284 g/mol. The Balaban J connectivity index is 2.07. The Bertz CT molecular complexity index is 530. The highest BCUT2D eigenvalue weighted by Crippen LogP contribution is 2.23. The summed E-state index contributed by atoms with van der Waals surface area (Å²) < 4.78 is 0. The Morgan fingerprint density at radius 3 is 2.71 bits per heavy atom. The summed E-state index contributed by atoms with van der Waals surface area (Å²) >= 11 is 7.00. The zero-order valence-corrected chi connectivity index (χ0v) is 12.0. The summed E-state index contributed by atoms with van der Waals surface area (Å²) in [5, 5.41) is 7.24. The summed E-state index contributed by atoms with van der Waals surface area (Å²) in [5.41, 5.74) is 1.01. The first-order valence-corrected chi connectivity index (χ1v) is 7.31. The molecule has 0 saturated carbocycles. The van der Waals surface area contributed by atoms with Crippen LogP contribution in [0.25, 0.3) is 0 Å². The van der Waals surface area contributed by atoms with Crippen LogP contribution in [0.3, 0.4) is 0 Å². The van der Waals surface area contributed by atoms with Gasteiger partial charge in [-0.25, -0.2) is 4.98 Å². The van der Waals surface area contributed by atoms with Crippen LogP contribution in [0.15, 0.2) is 21.7 Å². The van der Waals surface area contributed by atoms with Gasteiger partial charge in [0.2, 0.25) is 0 Å². The third kappa shape index (κ3) is 3.08. The number of thiophene rings is 1. The van der Waals surface area contributed by atoms with E-state index in [0.717, 1.165) is 10.6 Å². The summed E-state index contributed by atoms with van der Waals surface area (Å²) in [6, 6.07) is 1.75. The number of hydrogen-bond donors (Lipinski definition) is 2. The Labute approximate surface area is 113 Å². The second kappa shape index (κ2) is 5.20. The van der Waals surface area contributed by atoms with E-state index >= 15 is 0 Å². The Hall–Kier alpha value is -0.850. The van der Waals surface area contributed by atoms with Gasteiger partial charge in [-0.3, -0.25) is 10.1 Å². The van der Waals surface area contributed by atoms with E-state index in [0.29, 0.717) is 15.9 Å². The zero-order chi connectivity index (χ0) is 12.4. The van der Waals surface area contributed by atoms with E-state index in [-0.39, 0.29) is 5.91 Å². The van der Waals surface area contributed by atoms with Gasteiger partial charge in [0, 0.05) is 15.7 Å². The highest BCUT2D eigenvalue weighted by Gasteiger charge is 2.11. The number of rotatable bonds is 3. The van der Waals surface area contributed by atoms with Gasteiger partial charge >= 0.3 is 0 Å². The summed E-state index contributed by atoms with van der Waals surface area (Å²) in [7, 11) is 0. The molecule has 0 spiro atoms. The summed E-state index contributed by atoms with van der Waals surface area (Å²) in [5.74, 6) is 0.252. The maximum atomic E-state index is 11.8. The van der Waals surface area contributed by atoms with Crippen molar-refractivity contribution in [1.82, 2.24) is 4.98 Å². The molecule has 0 aliphatic carbocycles. The highest BCUT2D eigenvalue weighted by molar-refractivity contribution is 7.80. The molecule has 0 fully saturated rings. The largest absolute Gasteiger partial charge is 0.297 e. The number of nitrogens with one attached hydrogen (secondary N) is 1. The minimum Gasteiger partial charge on any atom is -0.297 e. The first-order chi connectivity index (χ1) is 8.06. The van der Waals surface area contributed by atoms with Crippen molar-refractivity contribution in [2.45, 2.75) is 24.7 Å². The lowest BCUT2D eigenvalue weighted by Crippen LogP contribution is -2.09. The molecule has 3 nitrogen and oxygen atoms in total. The van der Waals surface area contributed by atoms with Gasteiger partial charge in [0.1, 0.15) is 0 Å². The van der Waals surface area contributed by atoms with Gasteiger partial charge in [-0.15, -0.1) is 35.3 Å². The van der Waals surface area contributed by atoms with Gasteiger partial charge in [-0.05, 0) is 12.0 Å². The molecule has 0 aliphatic rings. The van der Waals surface area contributed by atoms with Gasteiger partial charge < -0.3 is 0 Å². The van der Waals surface area contributed by atoms with Crippen LogP contribution in [-0.4, -0.2) is 10.9 Å². The highest BCUT2D eigenvalue weighted by atomic mass is 32.1. The van der Waals surface area contributed by atoms with E-state index in [1.165, 1.54) is 22.7 Å². The van der Waals surface area contributed by atoms with Crippen molar-refractivity contribution in [2.75, 3.05) is 5.32 Å². The normalized spacial score (nSPS) is 10.8. The molecule has 0 aliphatic heterocycles. The van der Waals surface area contributed by atoms with Crippen molar-refractivity contribution in [3.05, 3.63) is 27.4 Å². The van der Waals surface area contributed by atoms with Crippen LogP contribution >= 0.6 is 35.3 Å². The summed E-state index contributed by atoms with van der Waals surface area (Å²) in [6.07, 6.45) is 0. The molecule has 17 heavy (non-hydrogen) atoms. The Morgan fingerprint density at radius 2 is 2.18 bits per heavy atom. The monoisotopic (exact) mass is 284 g/mol. The van der Waals surface area contributed by atoms with E-state index in [1.807, 2.05) is 10.8 Å². The molecule has 2 heterocycles. The topological polar surface area (TPSA) is 42.0 Å². The van der Waals surface area contributed by atoms with E-state index in [1.54, 1.807) is 6.07 Å². The number of amides is 1. The number of carbonyl (C=O) groups excluding carboxylic acids is 1. The fraction of sp³-hybridized carbons (Fsp3) is 0.273. The van der Waals surface area contributed by atoms with E-state index in [9.17, 15) is 4.79 Å². The van der Waals surface area contributed by atoms with E-state index in [4.69, 9.17) is 0 Å². The van der Waals surface area contributed by atoms with Crippen LogP contribution in [0, 0.1) is 0 Å². The van der Waals surface area contributed by atoms with E-state index < -0.39 is 0 Å². The zero-order valence-electron chi connectivity index (χ0n) is 9.43. The van der Waals surface area contributed by atoms with Crippen molar-refractivity contribution in [1.29, 1.82) is 0 Å². The van der Waals surface area contributed by atoms with Crippen molar-refractivity contribution in [3.63, 3.8) is 0 Å². The fourth-order valence-corrected chi connectivity index (χ4v) is 3.12. The van der Waals surface area contributed by atoms with Gasteiger partial charge in [0.25, 0.3) is 5.91 Å². The molecule has 0 radical (unpaired) electrons. The molecule has 1 N–H and O–H groups in total. The molecular weight excluding hydrogens is 272 g/mol. The van der Waals surface area contributed by atoms with E-state index in [2.05, 4.69) is 36.8 Å². The summed E-state index contributed by atoms with van der Waals surface area (Å²) in [4.78, 5) is 17.6. The third-order valence-corrected chi connectivity index (χ3v) is 4.28. The van der Waals surface area contributed by atoms with Crippen molar-refractivity contribution in [3.8, 4) is 0 Å². The van der Waals surface area contributed by atoms with Gasteiger partial charge in [0.05, 0.1) is 10.6 Å². The molecule has 2 aromatic rings. The smallest absolute Gasteiger partial charge is 0.267 e. The van der Waals surface area contributed by atoms with Crippen molar-refractivity contribution < 1.29 is 4.79 Å². The third-order valence-electron chi connectivity index (χ3n) is 2.14. The summed E-state index contributed by atoms with van der Waals surface area (Å²) in [6.45, 7) is 4.15. The fourth-order valence-electron chi connectivity index (χ4n) is 1.21. The van der Waals surface area contributed by atoms with Crippen LogP contribution in [0.1, 0.15) is 35.1 Å². The molecule has 0 unspecified atom stereocenters. The Morgan fingerprint density at radius 1 is 1.41 bits per heavy atom. The number of aromatic nitrogens is 1. The predicted octanol–water partition coefficient (Wildman–Crippen LogP) is 3.87. The molecule has 0 aromatic carbocycles. The standard InChI is InChI=1S/C11H12N2OS3/c1-6(2)8-5-17-11(12-8)13-10(14)9-3-7(15)4-16-9/h3-6,15H,1-2H3,(H,12,13,14). The van der Waals surface area contributed by atoms with Crippen LogP contribution in [0.5, 0.6) is 0 Å². The molecule has 0 atom stereocenters. The quantitative estimate of drug-likeness (QED) is 0.840. The molecule has 0 bridgehead atoms. The predicted molar refractivity (Wildman–Crippen MR) is 75.7 cm³/mol. The molecular formula is C11H12N2OS3. The number of hydrogen-bond acceptors (Lipinski definition) is 5. The van der Waals surface area contributed by atoms with Gasteiger partial charge in [0.15, 0.2) is 5.13 Å². The molecule has 90 valence electrons. The number of carbonyl (C=O) groups is 1. The van der Waals surface area contributed by atoms with Crippen LogP contribution in [0.4, 0.5) is 5.13 Å². The van der Waals surface area contributed by atoms with Crippen LogP contribution in [0.2, 0.25) is 0 Å². The minimum atomic E-state index is -0.125. The first-order valence-electron chi connectivity index (χ1n) is 5.10. The number of thiol groups is 1. The minimum absolute atomic E-state index is 0.125. The second-order valence-corrected chi connectivity index (χ2v) is 6.14. The lowest BCUT2D eigenvalue weighted by Gasteiger charge is -1.99. The SMILES string of the molecule is CC(C)c1csc(NC(=O)c2cc(S)cs2)n1.